The third-order valence-electron chi connectivity index (χ3n) is 4.27. The molecule has 128 valence electrons. The van der Waals surface area contributed by atoms with Crippen LogP contribution in [-0.4, -0.2) is 16.0 Å². The van der Waals surface area contributed by atoms with Gasteiger partial charge in [0.2, 0.25) is 5.76 Å². The molecule has 0 saturated heterocycles. The molecule has 0 radical (unpaired) electrons. The lowest BCUT2D eigenvalue weighted by atomic mass is 9.96. The molecule has 0 atom stereocenters. The Labute approximate surface area is 147 Å². The van der Waals surface area contributed by atoms with Crippen LogP contribution in [0.4, 0.5) is 4.39 Å². The maximum atomic E-state index is 13.8. The highest BCUT2D eigenvalue weighted by atomic mass is 32.1. The van der Waals surface area contributed by atoms with Crippen LogP contribution in [0.3, 0.4) is 0 Å². The van der Waals surface area contributed by atoms with Gasteiger partial charge in [0.1, 0.15) is 10.8 Å². The van der Waals surface area contributed by atoms with Crippen molar-refractivity contribution in [2.75, 3.05) is 0 Å². The van der Waals surface area contributed by atoms with E-state index in [2.05, 4.69) is 15.5 Å². The number of thiazole rings is 1. The number of nitrogens with zero attached hydrogens (tertiary/aromatic N) is 2. The molecule has 1 N–H and O–H groups in total. The molecule has 2 aromatic heterocycles. The molecule has 3 aromatic rings. The average Bonchev–Trinajstić information content (AvgIpc) is 3.27. The predicted molar refractivity (Wildman–Crippen MR) is 91.8 cm³/mol. The van der Waals surface area contributed by atoms with Crippen molar-refractivity contribution in [3.05, 3.63) is 57.5 Å². The Morgan fingerprint density at radius 3 is 3.00 bits per heavy atom. The van der Waals surface area contributed by atoms with E-state index in [0.29, 0.717) is 22.0 Å². The highest BCUT2D eigenvalue weighted by Gasteiger charge is 2.24. The van der Waals surface area contributed by atoms with Crippen molar-refractivity contribution in [2.45, 2.75) is 32.2 Å². The molecule has 5 nitrogen and oxygen atoms in total. The highest BCUT2D eigenvalue weighted by molar-refractivity contribution is 7.09. The molecule has 1 amide bonds. The Balaban J connectivity index is 1.45. The lowest BCUT2D eigenvalue weighted by Crippen LogP contribution is -2.23. The van der Waals surface area contributed by atoms with Crippen molar-refractivity contribution in [3.63, 3.8) is 0 Å². The first-order valence-electron chi connectivity index (χ1n) is 8.17. The summed E-state index contributed by atoms with van der Waals surface area (Å²) in [6.07, 6.45) is 3.83. The lowest BCUT2D eigenvalue weighted by Gasteiger charge is -2.08. The van der Waals surface area contributed by atoms with E-state index in [-0.39, 0.29) is 18.3 Å². The molecule has 0 fully saturated rings. The highest BCUT2D eigenvalue weighted by Crippen LogP contribution is 2.25. The van der Waals surface area contributed by atoms with Gasteiger partial charge in [0.15, 0.2) is 0 Å². The van der Waals surface area contributed by atoms with Crippen LogP contribution in [0.25, 0.3) is 11.3 Å². The second-order valence-electron chi connectivity index (χ2n) is 5.93. The van der Waals surface area contributed by atoms with E-state index in [0.717, 1.165) is 36.9 Å². The van der Waals surface area contributed by atoms with Gasteiger partial charge in [-0.25, -0.2) is 9.37 Å². The normalized spacial score (nSPS) is 13.5. The van der Waals surface area contributed by atoms with Crippen molar-refractivity contribution >= 4 is 17.2 Å². The molecule has 1 aliphatic carbocycles. The summed E-state index contributed by atoms with van der Waals surface area (Å²) in [5.41, 5.74) is 2.85. The van der Waals surface area contributed by atoms with Crippen LogP contribution in [0, 0.1) is 5.82 Å². The molecule has 0 bridgehead atoms. The Kier molecular flexibility index (Phi) is 4.31. The summed E-state index contributed by atoms with van der Waals surface area (Å²) >= 11 is 1.38. The summed E-state index contributed by atoms with van der Waals surface area (Å²) < 4.78 is 19.0. The summed E-state index contributed by atoms with van der Waals surface area (Å²) in [6, 6.07) is 6.51. The van der Waals surface area contributed by atoms with Gasteiger partial charge < -0.3 is 9.84 Å². The molecular formula is C18H16FN3O2S. The summed E-state index contributed by atoms with van der Waals surface area (Å²) in [5, 5.41) is 9.30. The van der Waals surface area contributed by atoms with E-state index < -0.39 is 0 Å². The molecule has 1 aromatic carbocycles. The van der Waals surface area contributed by atoms with E-state index >= 15 is 0 Å². The quantitative estimate of drug-likeness (QED) is 0.772. The van der Waals surface area contributed by atoms with Gasteiger partial charge in [0, 0.05) is 16.5 Å². The number of hydrogen-bond acceptors (Lipinski definition) is 5. The van der Waals surface area contributed by atoms with Gasteiger partial charge in [0.25, 0.3) is 5.91 Å². The number of nitrogens with one attached hydrogen (secondary N) is 1. The van der Waals surface area contributed by atoms with Crippen LogP contribution in [-0.2, 0) is 19.4 Å². The topological polar surface area (TPSA) is 68.0 Å². The number of halogens is 1. The maximum Gasteiger partial charge on any atom is 0.290 e. The standard InChI is InChI=1S/C18H16FN3O2S/c19-13-7-3-1-5-11(13)15-10-25-16(21-15)9-20-18(23)17-12-6-2-4-8-14(12)22-24-17/h1,3,5,7,10H,2,4,6,8-9H2,(H,20,23). The van der Waals surface area contributed by atoms with Crippen LogP contribution in [0.15, 0.2) is 34.2 Å². The van der Waals surface area contributed by atoms with Gasteiger partial charge in [-0.05, 0) is 37.8 Å². The predicted octanol–water partition coefficient (Wildman–Crippen LogP) is 3.75. The number of benzene rings is 1. The van der Waals surface area contributed by atoms with Gasteiger partial charge in [-0.1, -0.05) is 17.3 Å². The molecule has 0 aliphatic heterocycles. The minimum atomic E-state index is -0.309. The van der Waals surface area contributed by atoms with Crippen molar-refractivity contribution in [1.82, 2.24) is 15.5 Å². The van der Waals surface area contributed by atoms with Crippen LogP contribution >= 0.6 is 11.3 Å². The van der Waals surface area contributed by atoms with E-state index in [4.69, 9.17) is 4.52 Å². The monoisotopic (exact) mass is 357 g/mol. The molecule has 2 heterocycles. The maximum absolute atomic E-state index is 13.8. The number of aromatic nitrogens is 2. The number of hydrogen-bond donors (Lipinski definition) is 1. The Bertz CT molecular complexity index is 919. The van der Waals surface area contributed by atoms with Crippen LogP contribution in [0.1, 0.15) is 39.7 Å². The van der Waals surface area contributed by atoms with Crippen LogP contribution in [0.5, 0.6) is 0 Å². The average molecular weight is 357 g/mol. The third kappa shape index (κ3) is 3.19. The summed E-state index contributed by atoms with van der Waals surface area (Å²) in [7, 11) is 0. The smallest absolute Gasteiger partial charge is 0.290 e. The second-order valence-corrected chi connectivity index (χ2v) is 6.88. The van der Waals surface area contributed by atoms with Crippen molar-refractivity contribution in [2.24, 2.45) is 0 Å². The lowest BCUT2D eigenvalue weighted by molar-refractivity contribution is 0.0912. The number of aryl methyl sites for hydroxylation is 1. The number of carbonyl (C=O) groups excluding carboxylic acids is 1. The fourth-order valence-corrected chi connectivity index (χ4v) is 3.72. The first-order valence-corrected chi connectivity index (χ1v) is 9.05. The number of rotatable bonds is 4. The summed E-state index contributed by atoms with van der Waals surface area (Å²) in [6.45, 7) is 0.271. The van der Waals surface area contributed by atoms with E-state index in [9.17, 15) is 9.18 Å². The second kappa shape index (κ2) is 6.76. The molecule has 7 heteroatoms. The first kappa shape index (κ1) is 16.0. The zero-order valence-electron chi connectivity index (χ0n) is 13.4. The van der Waals surface area contributed by atoms with Gasteiger partial charge in [-0.3, -0.25) is 4.79 Å². The minimum absolute atomic E-state index is 0.271. The third-order valence-corrected chi connectivity index (χ3v) is 5.12. The molecule has 0 saturated carbocycles. The van der Waals surface area contributed by atoms with E-state index in [1.54, 1.807) is 23.6 Å². The summed E-state index contributed by atoms with van der Waals surface area (Å²) in [4.78, 5) is 16.8. The zero-order valence-corrected chi connectivity index (χ0v) is 14.2. The number of fused-ring (bicyclic) bond motifs is 1. The zero-order chi connectivity index (χ0) is 17.2. The Morgan fingerprint density at radius 1 is 1.28 bits per heavy atom. The largest absolute Gasteiger partial charge is 0.350 e. The minimum Gasteiger partial charge on any atom is -0.350 e. The van der Waals surface area contributed by atoms with Crippen LogP contribution in [0.2, 0.25) is 0 Å². The first-order chi connectivity index (χ1) is 12.2. The summed E-state index contributed by atoms with van der Waals surface area (Å²) in [5.74, 6) is -0.282. The Hall–Kier alpha value is -2.54. The van der Waals surface area contributed by atoms with E-state index in [1.165, 1.54) is 17.4 Å². The molecular weight excluding hydrogens is 341 g/mol. The Morgan fingerprint density at radius 2 is 2.12 bits per heavy atom. The molecule has 25 heavy (non-hydrogen) atoms. The van der Waals surface area contributed by atoms with Gasteiger partial charge >= 0.3 is 0 Å². The van der Waals surface area contributed by atoms with Crippen molar-refractivity contribution in [3.8, 4) is 11.3 Å². The SMILES string of the molecule is O=C(NCc1nc(-c2ccccc2F)cs1)c1onc2c1CCCC2. The van der Waals surface area contributed by atoms with Gasteiger partial charge in [0.05, 0.1) is 17.9 Å². The fraction of sp³-hybridized carbons (Fsp3) is 0.278. The van der Waals surface area contributed by atoms with Crippen molar-refractivity contribution in [1.29, 1.82) is 0 Å². The van der Waals surface area contributed by atoms with Crippen LogP contribution < -0.4 is 5.32 Å². The fourth-order valence-electron chi connectivity index (χ4n) is 2.99. The molecule has 1 aliphatic rings. The molecule has 0 unspecified atom stereocenters. The number of carbonyl (C=O) groups is 1. The molecule has 4 rings (SSSR count). The number of amides is 1. The molecule has 0 spiro atoms. The van der Waals surface area contributed by atoms with Crippen molar-refractivity contribution < 1.29 is 13.7 Å². The van der Waals surface area contributed by atoms with Gasteiger partial charge in [-0.2, -0.15) is 0 Å². The van der Waals surface area contributed by atoms with E-state index in [1.807, 2.05) is 0 Å². The van der Waals surface area contributed by atoms with Gasteiger partial charge in [-0.15, -0.1) is 11.3 Å².